The molecule has 1 aromatic rings. The van der Waals surface area contributed by atoms with Crippen LogP contribution < -0.4 is 5.32 Å². The van der Waals surface area contributed by atoms with Crippen LogP contribution in [0.5, 0.6) is 0 Å². The van der Waals surface area contributed by atoms with Crippen molar-refractivity contribution in [1.82, 2.24) is 4.90 Å². The third-order valence-electron chi connectivity index (χ3n) is 2.90. The topological polar surface area (TPSA) is 113 Å². The van der Waals surface area contributed by atoms with Gasteiger partial charge in [0.2, 0.25) is 0 Å². The third kappa shape index (κ3) is 3.88. The van der Waals surface area contributed by atoms with E-state index in [9.17, 15) is 24.1 Å². The standard InChI is InChI=1S/C12H12FN3O5/c13-7-3-8(5-10(4-7)16(20)21)14-12(19)15(6-11(17)18)9-1-2-9/h3-5,9H,1-2,6H2,(H,14,19)(H,17,18). The predicted molar refractivity (Wildman–Crippen MR) is 69.4 cm³/mol. The molecule has 2 N–H and O–H groups in total. The van der Waals surface area contributed by atoms with Crippen LogP contribution in [-0.2, 0) is 4.79 Å². The number of carboxylic acids is 1. The summed E-state index contributed by atoms with van der Waals surface area (Å²) in [5.41, 5.74) is -0.593. The highest BCUT2D eigenvalue weighted by atomic mass is 19.1. The Morgan fingerprint density at radius 3 is 2.62 bits per heavy atom. The van der Waals surface area contributed by atoms with E-state index in [-0.39, 0.29) is 11.7 Å². The number of rotatable bonds is 5. The number of nitro groups is 1. The number of halogens is 1. The number of carbonyl (C=O) groups excluding carboxylic acids is 1. The zero-order valence-electron chi connectivity index (χ0n) is 10.8. The highest BCUT2D eigenvalue weighted by Gasteiger charge is 2.34. The van der Waals surface area contributed by atoms with Gasteiger partial charge in [0.05, 0.1) is 16.7 Å². The Hall–Kier alpha value is -2.71. The normalized spacial score (nSPS) is 13.6. The van der Waals surface area contributed by atoms with Crippen molar-refractivity contribution in [2.45, 2.75) is 18.9 Å². The smallest absolute Gasteiger partial charge is 0.323 e. The minimum Gasteiger partial charge on any atom is -0.480 e. The maximum Gasteiger partial charge on any atom is 0.323 e. The molecule has 1 aliphatic rings. The van der Waals surface area contributed by atoms with Gasteiger partial charge in [-0.1, -0.05) is 0 Å². The Balaban J connectivity index is 2.14. The highest BCUT2D eigenvalue weighted by molar-refractivity contribution is 5.92. The van der Waals surface area contributed by atoms with E-state index < -0.39 is 35.0 Å². The Morgan fingerprint density at radius 2 is 2.10 bits per heavy atom. The van der Waals surface area contributed by atoms with Crippen molar-refractivity contribution in [3.05, 3.63) is 34.1 Å². The quantitative estimate of drug-likeness (QED) is 0.635. The molecule has 112 valence electrons. The molecule has 21 heavy (non-hydrogen) atoms. The van der Waals surface area contributed by atoms with E-state index >= 15 is 0 Å². The van der Waals surface area contributed by atoms with Crippen LogP contribution in [0.3, 0.4) is 0 Å². The highest BCUT2D eigenvalue weighted by Crippen LogP contribution is 2.28. The first kappa shape index (κ1) is 14.7. The molecule has 0 saturated heterocycles. The van der Waals surface area contributed by atoms with Crippen LogP contribution in [0.2, 0.25) is 0 Å². The second-order valence-electron chi connectivity index (χ2n) is 4.64. The zero-order chi connectivity index (χ0) is 15.6. The lowest BCUT2D eigenvalue weighted by Gasteiger charge is -2.20. The molecular weight excluding hydrogens is 285 g/mol. The van der Waals surface area contributed by atoms with Crippen molar-refractivity contribution < 1.29 is 24.0 Å². The maximum absolute atomic E-state index is 13.3. The lowest BCUT2D eigenvalue weighted by molar-refractivity contribution is -0.385. The number of nitro benzene ring substituents is 1. The summed E-state index contributed by atoms with van der Waals surface area (Å²) >= 11 is 0. The van der Waals surface area contributed by atoms with Gasteiger partial charge in [0, 0.05) is 12.1 Å². The summed E-state index contributed by atoms with van der Waals surface area (Å²) in [6, 6.07) is 1.78. The molecule has 2 amide bonds. The monoisotopic (exact) mass is 297 g/mol. The number of carbonyl (C=O) groups is 2. The summed E-state index contributed by atoms with van der Waals surface area (Å²) in [5.74, 6) is -2.03. The van der Waals surface area contributed by atoms with E-state index in [4.69, 9.17) is 5.11 Å². The summed E-state index contributed by atoms with van der Waals surface area (Å²) in [6.45, 7) is -0.478. The van der Waals surface area contributed by atoms with Crippen molar-refractivity contribution in [2.75, 3.05) is 11.9 Å². The molecule has 0 aromatic heterocycles. The van der Waals surface area contributed by atoms with E-state index in [0.29, 0.717) is 12.8 Å². The van der Waals surface area contributed by atoms with Gasteiger partial charge in [-0.2, -0.15) is 0 Å². The first-order chi connectivity index (χ1) is 9.86. The van der Waals surface area contributed by atoms with Crippen molar-refractivity contribution >= 4 is 23.4 Å². The molecule has 9 heteroatoms. The van der Waals surface area contributed by atoms with Gasteiger partial charge in [-0.3, -0.25) is 14.9 Å². The van der Waals surface area contributed by atoms with Crippen molar-refractivity contribution in [3.8, 4) is 0 Å². The number of amides is 2. The van der Waals surface area contributed by atoms with Crippen LogP contribution in [0.1, 0.15) is 12.8 Å². The fourth-order valence-electron chi connectivity index (χ4n) is 1.85. The molecular formula is C12H12FN3O5. The van der Waals surface area contributed by atoms with Crippen LogP contribution in [-0.4, -0.2) is 39.5 Å². The molecule has 0 heterocycles. The van der Waals surface area contributed by atoms with Gasteiger partial charge >= 0.3 is 12.0 Å². The molecule has 0 unspecified atom stereocenters. The van der Waals surface area contributed by atoms with Gasteiger partial charge in [0.25, 0.3) is 5.69 Å². The van der Waals surface area contributed by atoms with Crippen LogP contribution in [0.4, 0.5) is 20.6 Å². The summed E-state index contributed by atoms with van der Waals surface area (Å²) < 4.78 is 13.3. The predicted octanol–water partition coefficient (Wildman–Crippen LogP) is 1.81. The summed E-state index contributed by atoms with van der Waals surface area (Å²) in [5, 5.41) is 21.7. The Kier molecular flexibility index (Phi) is 4.01. The average Bonchev–Trinajstić information content (AvgIpc) is 3.18. The number of hydrogen-bond acceptors (Lipinski definition) is 4. The number of non-ortho nitro benzene ring substituents is 1. The molecule has 0 spiro atoms. The Labute approximate surface area is 118 Å². The zero-order valence-corrected chi connectivity index (χ0v) is 10.8. The first-order valence-electron chi connectivity index (χ1n) is 6.11. The molecule has 0 radical (unpaired) electrons. The average molecular weight is 297 g/mol. The van der Waals surface area contributed by atoms with E-state index in [1.807, 2.05) is 0 Å². The second kappa shape index (κ2) is 5.73. The van der Waals surface area contributed by atoms with Crippen molar-refractivity contribution in [3.63, 3.8) is 0 Å². The molecule has 1 fully saturated rings. The molecule has 1 aromatic carbocycles. The van der Waals surface area contributed by atoms with Gasteiger partial charge in [-0.15, -0.1) is 0 Å². The summed E-state index contributed by atoms with van der Waals surface area (Å²) in [6.07, 6.45) is 1.40. The largest absolute Gasteiger partial charge is 0.480 e. The number of aliphatic carboxylic acids is 1. The third-order valence-corrected chi connectivity index (χ3v) is 2.90. The van der Waals surface area contributed by atoms with E-state index in [0.717, 1.165) is 23.1 Å². The van der Waals surface area contributed by atoms with Gasteiger partial charge < -0.3 is 15.3 Å². The number of benzene rings is 1. The second-order valence-corrected chi connectivity index (χ2v) is 4.64. The van der Waals surface area contributed by atoms with Crippen molar-refractivity contribution in [1.29, 1.82) is 0 Å². The fraction of sp³-hybridized carbons (Fsp3) is 0.333. The summed E-state index contributed by atoms with van der Waals surface area (Å²) in [4.78, 5) is 33.7. The number of nitrogens with one attached hydrogen (secondary N) is 1. The van der Waals surface area contributed by atoms with Gasteiger partial charge in [-0.05, 0) is 18.9 Å². The van der Waals surface area contributed by atoms with Gasteiger partial charge in [0.1, 0.15) is 12.4 Å². The SMILES string of the molecule is O=C(O)CN(C(=O)Nc1cc(F)cc([N+](=O)[O-])c1)C1CC1. The van der Waals surface area contributed by atoms with Crippen LogP contribution in [0.25, 0.3) is 0 Å². The Morgan fingerprint density at radius 1 is 1.43 bits per heavy atom. The molecule has 0 atom stereocenters. The van der Waals surface area contributed by atoms with Crippen molar-refractivity contribution in [2.24, 2.45) is 0 Å². The number of anilines is 1. The molecule has 8 nitrogen and oxygen atoms in total. The minimum atomic E-state index is -1.16. The number of urea groups is 1. The minimum absolute atomic E-state index is 0.0947. The van der Waals surface area contributed by atoms with Gasteiger partial charge in [0.15, 0.2) is 0 Å². The van der Waals surface area contributed by atoms with Crippen LogP contribution in [0, 0.1) is 15.9 Å². The molecule has 2 rings (SSSR count). The molecule has 1 saturated carbocycles. The van der Waals surface area contributed by atoms with E-state index in [1.165, 1.54) is 0 Å². The van der Waals surface area contributed by atoms with Crippen LogP contribution >= 0.6 is 0 Å². The Bertz CT molecular complexity index is 603. The first-order valence-corrected chi connectivity index (χ1v) is 6.11. The maximum atomic E-state index is 13.3. The number of nitrogens with zero attached hydrogens (tertiary/aromatic N) is 2. The summed E-state index contributed by atoms with van der Waals surface area (Å²) in [7, 11) is 0. The number of hydrogen-bond donors (Lipinski definition) is 2. The van der Waals surface area contributed by atoms with Crippen LogP contribution in [0.15, 0.2) is 18.2 Å². The molecule has 0 bridgehead atoms. The van der Waals surface area contributed by atoms with E-state index in [1.54, 1.807) is 0 Å². The molecule has 0 aliphatic heterocycles. The fourth-order valence-corrected chi connectivity index (χ4v) is 1.85. The number of carboxylic acid groups (broad SMARTS) is 1. The molecule has 1 aliphatic carbocycles. The van der Waals surface area contributed by atoms with Gasteiger partial charge in [-0.25, -0.2) is 9.18 Å². The lowest BCUT2D eigenvalue weighted by atomic mass is 10.2. The van der Waals surface area contributed by atoms with E-state index in [2.05, 4.69) is 5.32 Å². The lowest BCUT2D eigenvalue weighted by Crippen LogP contribution is -2.40.